The zero-order valence-corrected chi connectivity index (χ0v) is 30.7. The fourth-order valence-corrected chi connectivity index (χ4v) is 7.13. The summed E-state index contributed by atoms with van der Waals surface area (Å²) in [5.41, 5.74) is 12.3. The molecule has 1 saturated carbocycles. The molecule has 1 aromatic heterocycles. The molecule has 243 valence electrons. The van der Waals surface area contributed by atoms with Gasteiger partial charge >= 0.3 is 0 Å². The van der Waals surface area contributed by atoms with Crippen LogP contribution in [0.25, 0.3) is 33.2 Å². The van der Waals surface area contributed by atoms with Gasteiger partial charge in [0.1, 0.15) is 5.76 Å². The maximum absolute atomic E-state index is 11.5. The van der Waals surface area contributed by atoms with Gasteiger partial charge in [0.15, 0.2) is 5.78 Å². The van der Waals surface area contributed by atoms with Crippen molar-refractivity contribution in [1.82, 2.24) is 4.98 Å². The molecule has 46 heavy (non-hydrogen) atoms. The van der Waals surface area contributed by atoms with Gasteiger partial charge in [0.2, 0.25) is 0 Å². The zero-order chi connectivity index (χ0) is 31.9. The monoisotopic (exact) mass is 791 g/mol. The van der Waals surface area contributed by atoms with E-state index in [0.29, 0.717) is 0 Å². The zero-order valence-electron chi connectivity index (χ0n) is 28.4. The van der Waals surface area contributed by atoms with Crippen LogP contribution >= 0.6 is 0 Å². The number of hydrogen-bond donors (Lipinski definition) is 1. The molecule has 1 radical (unpaired) electrons. The average molecular weight is 791 g/mol. The summed E-state index contributed by atoms with van der Waals surface area (Å²) < 4.78 is 0. The Labute approximate surface area is 289 Å². The summed E-state index contributed by atoms with van der Waals surface area (Å²) in [7, 11) is 0. The fourth-order valence-electron chi connectivity index (χ4n) is 7.13. The topological polar surface area (TPSA) is 50.2 Å². The van der Waals surface area contributed by atoms with Crippen molar-refractivity contribution >= 4 is 16.6 Å². The second-order valence-corrected chi connectivity index (χ2v) is 15.4. The molecule has 4 aromatic rings. The van der Waals surface area contributed by atoms with Crippen LogP contribution in [-0.2, 0) is 50.6 Å². The van der Waals surface area contributed by atoms with Crippen molar-refractivity contribution in [2.75, 3.05) is 0 Å². The van der Waals surface area contributed by atoms with Crippen molar-refractivity contribution in [2.45, 2.75) is 105 Å². The molecule has 1 fully saturated rings. The van der Waals surface area contributed by atoms with E-state index in [2.05, 4.69) is 54.6 Å². The maximum Gasteiger partial charge on any atom is 0.164 e. The Morgan fingerprint density at radius 1 is 0.826 bits per heavy atom. The molecule has 1 heterocycles. The first-order valence-corrected chi connectivity index (χ1v) is 16.9. The van der Waals surface area contributed by atoms with E-state index in [-0.39, 0.29) is 37.1 Å². The van der Waals surface area contributed by atoms with Gasteiger partial charge in [-0.2, -0.15) is 0 Å². The van der Waals surface area contributed by atoms with Gasteiger partial charge in [-0.3, -0.25) is 4.79 Å². The first kappa shape index (κ1) is 34.3. The third-order valence-electron chi connectivity index (χ3n) is 9.89. The summed E-state index contributed by atoms with van der Waals surface area (Å²) in [6, 6.07) is 22.1. The molecule has 1 N–H and O–H groups in total. The SMILES string of the molecule is CC(C)(C)C(=O)/C=C(\O)C(C)(C)C.[Ir].[c-]1c(-c2nccc3ccccc23)cc2c3c1CCc1cc(C4CCCCC4)cc(c1-3)CC2. The van der Waals surface area contributed by atoms with Crippen LogP contribution in [0.15, 0.2) is 66.6 Å². The minimum atomic E-state index is -0.417. The molecule has 3 aliphatic carbocycles. The van der Waals surface area contributed by atoms with E-state index in [4.69, 9.17) is 4.98 Å². The molecule has 0 aliphatic heterocycles. The van der Waals surface area contributed by atoms with E-state index in [9.17, 15) is 9.90 Å². The minimum Gasteiger partial charge on any atom is -0.512 e. The fraction of sp³-hybridized carbons (Fsp3) is 0.429. The van der Waals surface area contributed by atoms with Crippen LogP contribution in [0.3, 0.4) is 0 Å². The smallest absolute Gasteiger partial charge is 0.164 e. The summed E-state index contributed by atoms with van der Waals surface area (Å²) in [5.74, 6) is 0.895. The summed E-state index contributed by atoms with van der Waals surface area (Å²) in [5, 5.41) is 12.0. The van der Waals surface area contributed by atoms with Crippen LogP contribution in [0.2, 0.25) is 0 Å². The van der Waals surface area contributed by atoms with Crippen molar-refractivity contribution in [3.8, 4) is 22.4 Å². The van der Waals surface area contributed by atoms with Gasteiger partial charge in [0.05, 0.1) is 0 Å². The number of carbonyl (C=O) groups excluding carboxylic acids is 1. The molecule has 0 unspecified atom stereocenters. The van der Waals surface area contributed by atoms with Gasteiger partial charge in [-0.25, -0.2) is 0 Å². The minimum absolute atomic E-state index is 0. The maximum atomic E-state index is 11.5. The number of aliphatic hydroxyl groups excluding tert-OH is 1. The van der Waals surface area contributed by atoms with E-state index < -0.39 is 5.41 Å². The molecular formula is C42H48IrNO2-. The number of rotatable bonds is 3. The van der Waals surface area contributed by atoms with Crippen LogP contribution in [0.5, 0.6) is 0 Å². The molecule has 4 heteroatoms. The number of aromatic nitrogens is 1. The standard InChI is InChI=1S/C31H28N.C11H20O2.Ir/c1-2-6-20(7-3-1)26-16-22-10-12-24-18-27(19-25-13-11-23(17-26)29(22)30(24)25)31-28-9-5-4-8-21(28)14-15-32-31;1-10(2,3)8(12)7-9(13)11(4,5)6;/h4-5,8-9,14-18,20H,1-3,6-7,10-13H2;7,12H,1-6H3;/q-1;;/b;8-7-;. The van der Waals surface area contributed by atoms with Crippen molar-refractivity contribution in [2.24, 2.45) is 10.8 Å². The van der Waals surface area contributed by atoms with Gasteiger partial charge in [0, 0.05) is 43.2 Å². The molecule has 0 amide bonds. The van der Waals surface area contributed by atoms with E-state index in [1.54, 1.807) is 22.3 Å². The van der Waals surface area contributed by atoms with Crippen molar-refractivity contribution in [1.29, 1.82) is 0 Å². The number of ketones is 1. The van der Waals surface area contributed by atoms with Crippen LogP contribution < -0.4 is 0 Å². The van der Waals surface area contributed by atoms with Gasteiger partial charge in [-0.05, 0) is 83.7 Å². The number of benzene rings is 3. The summed E-state index contributed by atoms with van der Waals surface area (Å²) in [6.45, 7) is 11.1. The number of pyridine rings is 1. The number of carbonyl (C=O) groups is 1. The normalized spacial score (nSPS) is 16.2. The second-order valence-electron chi connectivity index (χ2n) is 15.4. The molecule has 3 aliphatic rings. The number of fused-ring (bicyclic) bond motifs is 1. The molecule has 3 nitrogen and oxygen atoms in total. The van der Waals surface area contributed by atoms with E-state index in [1.807, 2.05) is 47.7 Å². The Morgan fingerprint density at radius 2 is 1.46 bits per heavy atom. The Hall–Kier alpha value is -3.07. The van der Waals surface area contributed by atoms with Crippen molar-refractivity contribution in [3.63, 3.8) is 0 Å². The molecule has 0 bridgehead atoms. The Morgan fingerprint density at radius 3 is 2.11 bits per heavy atom. The Bertz CT molecular complexity index is 1720. The molecule has 0 saturated heterocycles. The summed E-state index contributed by atoms with van der Waals surface area (Å²) in [6.07, 6.45) is 14.8. The van der Waals surface area contributed by atoms with Crippen LogP contribution in [0.4, 0.5) is 0 Å². The van der Waals surface area contributed by atoms with Crippen molar-refractivity contribution < 1.29 is 30.0 Å². The molecular weight excluding hydrogens is 743 g/mol. The molecule has 3 aromatic carbocycles. The third-order valence-corrected chi connectivity index (χ3v) is 9.89. The van der Waals surface area contributed by atoms with Crippen LogP contribution in [0, 0.1) is 16.9 Å². The van der Waals surface area contributed by atoms with E-state index in [0.717, 1.165) is 30.9 Å². The van der Waals surface area contributed by atoms with Crippen LogP contribution in [-0.4, -0.2) is 15.9 Å². The first-order valence-electron chi connectivity index (χ1n) is 16.9. The molecule has 0 atom stereocenters. The molecule has 0 spiro atoms. The number of hydrogen-bond acceptors (Lipinski definition) is 3. The van der Waals surface area contributed by atoms with E-state index in [1.165, 1.54) is 77.6 Å². The third kappa shape index (κ3) is 7.09. The van der Waals surface area contributed by atoms with Crippen molar-refractivity contribution in [3.05, 3.63) is 100 Å². The summed E-state index contributed by atoms with van der Waals surface area (Å²) >= 11 is 0. The second kappa shape index (κ2) is 13.6. The first-order chi connectivity index (χ1) is 21.4. The number of aryl methyl sites for hydroxylation is 4. The number of allylic oxidation sites excluding steroid dienone is 2. The van der Waals surface area contributed by atoms with Gasteiger partial charge in [-0.15, -0.1) is 28.8 Å². The van der Waals surface area contributed by atoms with Gasteiger partial charge in [0.25, 0.3) is 0 Å². The summed E-state index contributed by atoms with van der Waals surface area (Å²) in [4.78, 5) is 16.3. The quantitative estimate of drug-likeness (QED) is 0.128. The Kier molecular flexibility index (Phi) is 10.1. The molecule has 7 rings (SSSR count). The predicted octanol–water partition coefficient (Wildman–Crippen LogP) is 10.7. The van der Waals surface area contributed by atoms with Gasteiger partial charge < -0.3 is 10.1 Å². The Balaban J connectivity index is 0.000000256. The number of aliphatic hydroxyl groups is 1. The predicted molar refractivity (Wildman–Crippen MR) is 187 cm³/mol. The van der Waals surface area contributed by atoms with E-state index >= 15 is 0 Å². The van der Waals surface area contributed by atoms with Crippen LogP contribution in [0.1, 0.15) is 107 Å². The average Bonchev–Trinajstić information content (AvgIpc) is 3.02. The largest absolute Gasteiger partial charge is 0.512 e. The van der Waals surface area contributed by atoms with Gasteiger partial charge in [-0.1, -0.05) is 108 Å². The number of nitrogens with zero attached hydrogens (tertiary/aromatic N) is 1.